The van der Waals surface area contributed by atoms with Gasteiger partial charge in [0.1, 0.15) is 40.8 Å². The number of para-hydroxylation sites is 1. The lowest BCUT2D eigenvalue weighted by Crippen LogP contribution is -2.51. The zero-order valence-electron chi connectivity index (χ0n) is 21.7. The van der Waals surface area contributed by atoms with Crippen molar-refractivity contribution in [2.75, 3.05) is 13.2 Å². The number of carbonyl (C=O) groups is 2. The molecular formula is C28H22F5N5O4. The predicted octanol–water partition coefficient (Wildman–Crippen LogP) is 3.53. The van der Waals surface area contributed by atoms with E-state index in [2.05, 4.69) is 10.1 Å². The van der Waals surface area contributed by atoms with Gasteiger partial charge in [0, 0.05) is 17.3 Å². The first-order valence-electron chi connectivity index (χ1n) is 12.4. The summed E-state index contributed by atoms with van der Waals surface area (Å²) in [5, 5.41) is 17.0. The molecule has 0 spiro atoms. The molecule has 42 heavy (non-hydrogen) atoms. The van der Waals surface area contributed by atoms with Crippen molar-refractivity contribution in [3.63, 3.8) is 0 Å². The summed E-state index contributed by atoms with van der Waals surface area (Å²) in [6.07, 6.45) is -3.26. The van der Waals surface area contributed by atoms with E-state index < -0.39 is 52.9 Å². The molecule has 5 rings (SSSR count). The molecule has 0 bridgehead atoms. The molecular weight excluding hydrogens is 565 g/mol. The number of alkyl halides is 3. The minimum Gasteiger partial charge on any atom is -0.489 e. The van der Waals surface area contributed by atoms with E-state index in [1.165, 1.54) is 37.3 Å². The SMILES string of the molecule is C[C@]1(C(N)=O)COc2c1cc([C@@](O)(CNC(=O)c1cnn(-c3ccccc3F)c1)C(F)(F)F)nc2-c1ccc(F)cc1. The molecule has 2 aromatic heterocycles. The summed E-state index contributed by atoms with van der Waals surface area (Å²) >= 11 is 0. The van der Waals surface area contributed by atoms with Crippen molar-refractivity contribution < 1.29 is 41.4 Å². The molecule has 218 valence electrons. The van der Waals surface area contributed by atoms with Gasteiger partial charge < -0.3 is 20.9 Å². The van der Waals surface area contributed by atoms with Gasteiger partial charge in [0.15, 0.2) is 0 Å². The number of primary amides is 1. The van der Waals surface area contributed by atoms with Crippen LogP contribution in [0.25, 0.3) is 16.9 Å². The van der Waals surface area contributed by atoms with Crippen molar-refractivity contribution in [3.05, 3.63) is 95.4 Å². The van der Waals surface area contributed by atoms with E-state index in [0.29, 0.717) is 0 Å². The molecule has 0 unspecified atom stereocenters. The Morgan fingerprint density at radius 2 is 1.83 bits per heavy atom. The number of rotatable bonds is 7. The van der Waals surface area contributed by atoms with Gasteiger partial charge in [-0.25, -0.2) is 18.4 Å². The molecule has 2 amide bonds. The van der Waals surface area contributed by atoms with Gasteiger partial charge in [-0.1, -0.05) is 12.1 Å². The number of aliphatic hydroxyl groups is 1. The fourth-order valence-electron chi connectivity index (χ4n) is 4.46. The maximum absolute atomic E-state index is 14.5. The Balaban J connectivity index is 1.54. The van der Waals surface area contributed by atoms with Gasteiger partial charge in [-0.15, -0.1) is 0 Å². The van der Waals surface area contributed by atoms with Crippen LogP contribution in [0.1, 0.15) is 28.5 Å². The predicted molar refractivity (Wildman–Crippen MR) is 137 cm³/mol. The van der Waals surface area contributed by atoms with Gasteiger partial charge in [-0.05, 0) is 49.4 Å². The van der Waals surface area contributed by atoms with E-state index in [1.54, 1.807) is 0 Å². The maximum atomic E-state index is 14.5. The maximum Gasteiger partial charge on any atom is 0.424 e. The van der Waals surface area contributed by atoms with E-state index in [1.807, 2.05) is 5.32 Å². The van der Waals surface area contributed by atoms with Crippen molar-refractivity contribution in [3.8, 4) is 22.7 Å². The third-order valence-electron chi connectivity index (χ3n) is 7.08. The number of halogens is 5. The molecule has 1 aliphatic rings. The molecule has 3 heterocycles. The van der Waals surface area contributed by atoms with Crippen LogP contribution in [-0.4, -0.2) is 51.0 Å². The molecule has 14 heteroatoms. The first kappa shape index (κ1) is 28.7. The van der Waals surface area contributed by atoms with Gasteiger partial charge in [0.25, 0.3) is 5.91 Å². The minimum atomic E-state index is -5.39. The number of carbonyl (C=O) groups excluding carboxylic acids is 2. The van der Waals surface area contributed by atoms with Gasteiger partial charge in [0.2, 0.25) is 11.5 Å². The number of amides is 2. The standard InChI is InChI=1S/C28H22F5N5O4/c1-26(25(34)40)14-42-23-18(26)10-21(37-22(23)15-6-8-17(29)9-7-15)27(41,28(31,32)33)13-35-24(39)16-11-36-38(12-16)20-5-3-2-4-19(20)30/h2-12,41H,13-14H2,1H3,(H2,34,40)(H,35,39)/t26-,27-/m0/s1. The van der Waals surface area contributed by atoms with Crippen molar-refractivity contribution in [1.82, 2.24) is 20.1 Å². The van der Waals surface area contributed by atoms with Gasteiger partial charge in [-0.2, -0.15) is 18.3 Å². The second kappa shape index (κ2) is 10.2. The number of aromatic nitrogens is 3. The third kappa shape index (κ3) is 4.83. The average Bonchev–Trinajstić information content (AvgIpc) is 3.57. The molecule has 1 aliphatic heterocycles. The number of pyridine rings is 1. The van der Waals surface area contributed by atoms with Crippen molar-refractivity contribution in [2.45, 2.75) is 24.1 Å². The monoisotopic (exact) mass is 587 g/mol. The molecule has 4 aromatic rings. The van der Waals surface area contributed by atoms with E-state index >= 15 is 0 Å². The van der Waals surface area contributed by atoms with E-state index in [0.717, 1.165) is 41.3 Å². The zero-order chi connectivity index (χ0) is 30.4. The molecule has 0 saturated heterocycles. The molecule has 9 nitrogen and oxygen atoms in total. The summed E-state index contributed by atoms with van der Waals surface area (Å²) in [7, 11) is 0. The fourth-order valence-corrected chi connectivity index (χ4v) is 4.46. The molecule has 4 N–H and O–H groups in total. The quantitative estimate of drug-likeness (QED) is 0.284. The summed E-state index contributed by atoms with van der Waals surface area (Å²) in [5.41, 5.74) is -1.12. The first-order valence-corrected chi connectivity index (χ1v) is 12.4. The van der Waals surface area contributed by atoms with Crippen LogP contribution in [0.15, 0.2) is 67.0 Å². The topological polar surface area (TPSA) is 132 Å². The van der Waals surface area contributed by atoms with Gasteiger partial charge in [-0.3, -0.25) is 9.59 Å². The van der Waals surface area contributed by atoms with Crippen molar-refractivity contribution in [2.24, 2.45) is 5.73 Å². The van der Waals surface area contributed by atoms with E-state index in [-0.39, 0.29) is 40.4 Å². The fraction of sp³-hybridized carbons (Fsp3) is 0.214. The number of hydrogen-bond donors (Lipinski definition) is 3. The second-order valence-electron chi connectivity index (χ2n) is 9.89. The number of nitrogens with zero attached hydrogens (tertiary/aromatic N) is 3. The number of fused-ring (bicyclic) bond motifs is 1. The van der Waals surface area contributed by atoms with Crippen molar-refractivity contribution >= 4 is 11.8 Å². The number of benzene rings is 2. The Labute approximate surface area is 234 Å². The van der Waals surface area contributed by atoms with Gasteiger partial charge in [0.05, 0.1) is 24.0 Å². The molecule has 2 atom stereocenters. The minimum absolute atomic E-state index is 0.00118. The summed E-state index contributed by atoms with van der Waals surface area (Å²) in [4.78, 5) is 29.2. The second-order valence-corrected chi connectivity index (χ2v) is 9.89. The Kier molecular flexibility index (Phi) is 6.97. The summed E-state index contributed by atoms with van der Waals surface area (Å²) in [6.45, 7) is -0.353. The van der Waals surface area contributed by atoms with Crippen LogP contribution in [0.4, 0.5) is 22.0 Å². The van der Waals surface area contributed by atoms with Gasteiger partial charge >= 0.3 is 6.18 Å². The van der Waals surface area contributed by atoms with E-state index in [9.17, 15) is 36.6 Å². The van der Waals surface area contributed by atoms with Crippen LogP contribution in [0.5, 0.6) is 5.75 Å². The summed E-state index contributed by atoms with van der Waals surface area (Å²) < 4.78 is 77.9. The Bertz CT molecular complexity index is 1690. The number of nitrogens with two attached hydrogens (primary N) is 1. The number of nitrogens with one attached hydrogen (secondary N) is 1. The highest BCUT2D eigenvalue weighted by Gasteiger charge is 2.57. The van der Waals surface area contributed by atoms with Crippen LogP contribution < -0.4 is 15.8 Å². The highest BCUT2D eigenvalue weighted by molar-refractivity contribution is 5.94. The average molecular weight is 588 g/mol. The summed E-state index contributed by atoms with van der Waals surface area (Å²) in [6, 6.07) is 11.0. The van der Waals surface area contributed by atoms with Crippen LogP contribution in [0.2, 0.25) is 0 Å². The zero-order valence-corrected chi connectivity index (χ0v) is 21.7. The normalized spacial score (nSPS) is 17.7. The smallest absolute Gasteiger partial charge is 0.424 e. The molecule has 0 radical (unpaired) electrons. The lowest BCUT2D eigenvalue weighted by molar-refractivity contribution is -0.265. The third-order valence-corrected chi connectivity index (χ3v) is 7.08. The highest BCUT2D eigenvalue weighted by Crippen LogP contribution is 2.47. The molecule has 0 aliphatic carbocycles. The Hall–Kier alpha value is -4.85. The van der Waals surface area contributed by atoms with E-state index in [4.69, 9.17) is 10.5 Å². The highest BCUT2D eigenvalue weighted by atomic mass is 19.4. The van der Waals surface area contributed by atoms with Crippen LogP contribution >= 0.6 is 0 Å². The molecule has 0 fully saturated rings. The lowest BCUT2D eigenvalue weighted by atomic mass is 9.81. The van der Waals surface area contributed by atoms with Crippen molar-refractivity contribution in [1.29, 1.82) is 0 Å². The molecule has 0 saturated carbocycles. The lowest BCUT2D eigenvalue weighted by Gasteiger charge is -2.31. The molecule has 2 aromatic carbocycles. The Morgan fingerprint density at radius 3 is 2.48 bits per heavy atom. The Morgan fingerprint density at radius 1 is 1.14 bits per heavy atom. The number of ether oxygens (including phenoxy) is 1. The van der Waals surface area contributed by atoms with Crippen LogP contribution in [0, 0.1) is 11.6 Å². The summed E-state index contributed by atoms with van der Waals surface area (Å²) in [5.74, 6) is -3.28. The largest absolute Gasteiger partial charge is 0.489 e. The number of hydrogen-bond acceptors (Lipinski definition) is 6. The van der Waals surface area contributed by atoms with Crippen LogP contribution in [-0.2, 0) is 15.8 Å². The first-order chi connectivity index (χ1) is 19.7. The van der Waals surface area contributed by atoms with Crippen LogP contribution in [0.3, 0.4) is 0 Å².